The van der Waals surface area contributed by atoms with Gasteiger partial charge >= 0.3 is 135 Å². The van der Waals surface area contributed by atoms with Gasteiger partial charge in [-0.1, -0.05) is 0 Å². The SMILES string of the molecule is CC[AsH]c1ccc(C(=O)c2ccc([AsH]CC)cc2)cc1. The summed E-state index contributed by atoms with van der Waals surface area (Å²) in [6, 6.07) is 16.4. The van der Waals surface area contributed by atoms with Gasteiger partial charge in [-0.25, -0.2) is 0 Å². The van der Waals surface area contributed by atoms with Gasteiger partial charge in [-0.2, -0.15) is 0 Å². The van der Waals surface area contributed by atoms with Crippen molar-refractivity contribution in [2.45, 2.75) is 24.3 Å². The zero-order valence-electron chi connectivity index (χ0n) is 11.9. The number of hydrogen-bond acceptors (Lipinski definition) is 1. The van der Waals surface area contributed by atoms with Crippen LogP contribution in [0.25, 0.3) is 0 Å². The normalized spacial score (nSPS) is 11.7. The number of benzene rings is 2. The summed E-state index contributed by atoms with van der Waals surface area (Å²) in [5.41, 5.74) is 1.60. The zero-order valence-corrected chi connectivity index (χ0v) is 16.1. The van der Waals surface area contributed by atoms with Crippen LogP contribution in [-0.2, 0) is 0 Å². The van der Waals surface area contributed by atoms with Crippen molar-refractivity contribution in [2.24, 2.45) is 0 Å². The van der Waals surface area contributed by atoms with Gasteiger partial charge in [0, 0.05) is 0 Å². The summed E-state index contributed by atoms with van der Waals surface area (Å²) < 4.78 is 2.85. The summed E-state index contributed by atoms with van der Waals surface area (Å²) in [6.45, 7) is 4.44. The van der Waals surface area contributed by atoms with Crippen LogP contribution in [0, 0.1) is 0 Å². The van der Waals surface area contributed by atoms with Crippen molar-refractivity contribution in [1.29, 1.82) is 0 Å². The Morgan fingerprint density at radius 1 is 0.750 bits per heavy atom. The second-order valence-corrected chi connectivity index (χ2v) is 11.4. The van der Waals surface area contributed by atoms with E-state index in [1.807, 2.05) is 24.3 Å². The fraction of sp³-hybridized carbons (Fsp3) is 0.235. The van der Waals surface area contributed by atoms with Crippen LogP contribution in [0.15, 0.2) is 48.5 Å². The summed E-state index contributed by atoms with van der Waals surface area (Å²) >= 11 is -0.00647. The molecule has 0 aliphatic heterocycles. The van der Waals surface area contributed by atoms with Gasteiger partial charge in [-0.15, -0.1) is 0 Å². The van der Waals surface area contributed by atoms with Gasteiger partial charge in [-0.3, -0.25) is 0 Å². The van der Waals surface area contributed by atoms with E-state index in [1.54, 1.807) is 0 Å². The number of carbonyl (C=O) groups is 1. The molecule has 0 heterocycles. The molecule has 0 aromatic heterocycles. The molecule has 2 aromatic carbocycles. The molecule has 3 heteroatoms. The molecule has 0 aliphatic carbocycles. The quantitative estimate of drug-likeness (QED) is 0.544. The van der Waals surface area contributed by atoms with E-state index in [0.29, 0.717) is 0 Å². The first kappa shape index (κ1) is 15.6. The Labute approximate surface area is 134 Å². The second-order valence-electron chi connectivity index (χ2n) is 4.54. The molecule has 104 valence electrons. The van der Waals surface area contributed by atoms with Crippen LogP contribution in [0.5, 0.6) is 0 Å². The molecule has 2 rings (SSSR count). The zero-order chi connectivity index (χ0) is 14.4. The maximum atomic E-state index is 12.4. The minimum absolute atomic E-state index is 0.00324. The summed E-state index contributed by atoms with van der Waals surface area (Å²) in [7, 11) is 0. The van der Waals surface area contributed by atoms with Crippen LogP contribution in [0.2, 0.25) is 10.4 Å². The molecule has 2 unspecified atom stereocenters. The Kier molecular flexibility index (Phi) is 6.14. The molecule has 2 atom stereocenters. The summed E-state index contributed by atoms with van der Waals surface area (Å²) in [5.74, 6) is 0.135. The van der Waals surface area contributed by atoms with E-state index >= 15 is 0 Å². The van der Waals surface area contributed by atoms with E-state index in [4.69, 9.17) is 0 Å². The Morgan fingerprint density at radius 2 is 1.10 bits per heavy atom. The van der Waals surface area contributed by atoms with Crippen molar-refractivity contribution in [3.05, 3.63) is 59.7 Å². The first-order chi connectivity index (χ1) is 9.74. The molecule has 0 bridgehead atoms. The van der Waals surface area contributed by atoms with Crippen LogP contribution in [0.1, 0.15) is 29.8 Å². The standard InChI is InChI=1S/C17H20As2O/c1-3-18-15-9-5-13(6-10-15)17(20)14-7-11-16(12-8-14)19-4-2/h5-12,18-19H,3-4H2,1-2H3. The Balaban J connectivity index is 2.13. The van der Waals surface area contributed by atoms with Crippen molar-refractivity contribution in [3.8, 4) is 0 Å². The van der Waals surface area contributed by atoms with Crippen LogP contribution in [0.4, 0.5) is 0 Å². The number of hydrogen-bond donors (Lipinski definition) is 0. The summed E-state index contributed by atoms with van der Waals surface area (Å²) in [6.07, 6.45) is 0. The molecule has 0 aliphatic rings. The summed E-state index contributed by atoms with van der Waals surface area (Å²) in [4.78, 5) is 12.4. The molecule has 0 N–H and O–H groups in total. The second kappa shape index (κ2) is 7.86. The predicted octanol–water partition coefficient (Wildman–Crippen LogP) is 1.92. The molecule has 0 amide bonds. The molecule has 0 fully saturated rings. The third-order valence-electron chi connectivity index (χ3n) is 3.06. The van der Waals surface area contributed by atoms with Gasteiger partial charge in [-0.05, 0) is 0 Å². The average Bonchev–Trinajstić information content (AvgIpc) is 2.49. The molecule has 0 spiro atoms. The molecular weight excluding hydrogens is 370 g/mol. The minimum atomic E-state index is -0.00324. The molecule has 0 radical (unpaired) electrons. The third-order valence-corrected chi connectivity index (χ3v) is 7.65. The molecule has 2 aromatic rings. The van der Waals surface area contributed by atoms with Crippen LogP contribution < -0.4 is 8.70 Å². The van der Waals surface area contributed by atoms with E-state index in [1.165, 1.54) is 19.1 Å². The predicted molar refractivity (Wildman–Crippen MR) is 90.8 cm³/mol. The van der Waals surface area contributed by atoms with E-state index in [9.17, 15) is 4.79 Å². The van der Waals surface area contributed by atoms with Crippen molar-refractivity contribution in [3.63, 3.8) is 0 Å². The molecular formula is C17H20As2O. The number of carbonyl (C=O) groups excluding carboxylic acids is 1. The van der Waals surface area contributed by atoms with Gasteiger partial charge in [0.25, 0.3) is 0 Å². The van der Waals surface area contributed by atoms with E-state index < -0.39 is 0 Å². The van der Waals surface area contributed by atoms with Gasteiger partial charge in [0.05, 0.1) is 0 Å². The fourth-order valence-electron chi connectivity index (χ4n) is 2.05. The van der Waals surface area contributed by atoms with Gasteiger partial charge < -0.3 is 0 Å². The Hall–Kier alpha value is -0.773. The van der Waals surface area contributed by atoms with Crippen LogP contribution in [-0.4, -0.2) is 37.3 Å². The van der Waals surface area contributed by atoms with Crippen LogP contribution >= 0.6 is 0 Å². The van der Waals surface area contributed by atoms with Gasteiger partial charge in [0.2, 0.25) is 0 Å². The van der Waals surface area contributed by atoms with Crippen LogP contribution in [0.3, 0.4) is 0 Å². The fourth-order valence-corrected chi connectivity index (χ4v) is 5.46. The molecule has 0 saturated carbocycles. The van der Waals surface area contributed by atoms with Gasteiger partial charge in [0.15, 0.2) is 0 Å². The first-order valence-corrected chi connectivity index (χ1v) is 12.0. The Bertz CT molecular complexity index is 507. The summed E-state index contributed by atoms with van der Waals surface area (Å²) in [5, 5.41) is 2.52. The molecule has 20 heavy (non-hydrogen) atoms. The topological polar surface area (TPSA) is 17.1 Å². The Morgan fingerprint density at radius 3 is 1.40 bits per heavy atom. The van der Waals surface area contributed by atoms with Crippen molar-refractivity contribution in [2.75, 3.05) is 0 Å². The van der Waals surface area contributed by atoms with E-state index in [-0.39, 0.29) is 37.3 Å². The van der Waals surface area contributed by atoms with Crippen molar-refractivity contribution >= 4 is 46.0 Å². The molecule has 1 nitrogen and oxygen atoms in total. The average molecular weight is 390 g/mol. The monoisotopic (exact) mass is 390 g/mol. The van der Waals surface area contributed by atoms with Gasteiger partial charge in [0.1, 0.15) is 0 Å². The van der Waals surface area contributed by atoms with Crippen molar-refractivity contribution in [1.82, 2.24) is 0 Å². The van der Waals surface area contributed by atoms with E-state index in [2.05, 4.69) is 38.1 Å². The maximum absolute atomic E-state index is 12.4. The third kappa shape index (κ3) is 4.11. The number of ketones is 1. The molecule has 0 saturated heterocycles. The number of rotatable bonds is 6. The first-order valence-electron chi connectivity index (χ1n) is 6.97. The van der Waals surface area contributed by atoms with E-state index in [0.717, 1.165) is 11.1 Å². The van der Waals surface area contributed by atoms with Crippen molar-refractivity contribution < 1.29 is 4.79 Å².